The van der Waals surface area contributed by atoms with Crippen LogP contribution in [0.2, 0.25) is 0 Å². The molecule has 1 saturated heterocycles. The summed E-state index contributed by atoms with van der Waals surface area (Å²) < 4.78 is 0. The Labute approximate surface area is 164 Å². The molecule has 0 bridgehead atoms. The average Bonchev–Trinajstić information content (AvgIpc) is 3.11. The van der Waals surface area contributed by atoms with E-state index < -0.39 is 42.0 Å². The number of amides is 3. The highest BCUT2D eigenvalue weighted by Crippen LogP contribution is 2.21. The zero-order valence-corrected chi connectivity index (χ0v) is 16.9. The van der Waals surface area contributed by atoms with Crippen molar-refractivity contribution in [2.45, 2.75) is 64.2 Å². The van der Waals surface area contributed by atoms with Gasteiger partial charge in [0, 0.05) is 12.3 Å². The van der Waals surface area contributed by atoms with Gasteiger partial charge >= 0.3 is 5.97 Å². The molecule has 10 heteroatoms. The fourth-order valence-electron chi connectivity index (χ4n) is 2.90. The van der Waals surface area contributed by atoms with Crippen LogP contribution in [0.15, 0.2) is 0 Å². The molecule has 0 radical (unpaired) electrons. The minimum absolute atomic E-state index is 0.0539. The van der Waals surface area contributed by atoms with Crippen molar-refractivity contribution in [3.8, 4) is 0 Å². The summed E-state index contributed by atoms with van der Waals surface area (Å²) in [7, 11) is 0. The van der Waals surface area contributed by atoms with Crippen LogP contribution >= 0.6 is 12.6 Å². The van der Waals surface area contributed by atoms with Gasteiger partial charge in [-0.05, 0) is 25.7 Å². The first-order valence-corrected chi connectivity index (χ1v) is 9.77. The third-order valence-corrected chi connectivity index (χ3v) is 5.19. The van der Waals surface area contributed by atoms with Crippen LogP contribution in [0.4, 0.5) is 0 Å². The van der Waals surface area contributed by atoms with Crippen molar-refractivity contribution < 1.29 is 24.3 Å². The Kier molecular flexibility index (Phi) is 9.04. The molecule has 1 fully saturated rings. The van der Waals surface area contributed by atoms with Crippen molar-refractivity contribution in [1.82, 2.24) is 15.5 Å². The number of likely N-dealkylation sites (tertiary alicyclic amines) is 1. The second-order valence-corrected chi connectivity index (χ2v) is 7.30. The molecule has 1 heterocycles. The van der Waals surface area contributed by atoms with Crippen molar-refractivity contribution in [2.24, 2.45) is 11.7 Å². The van der Waals surface area contributed by atoms with Crippen molar-refractivity contribution in [3.63, 3.8) is 0 Å². The maximum Gasteiger partial charge on any atom is 0.327 e. The first kappa shape index (κ1) is 23.2. The standard InChI is InChI=1S/C17H30N4O5S/c1-4-9(2)13(20-14(22)10(3)18)16(24)21-7-5-6-12(21)15(23)19-11(8-27)17(25)26/h9-13,27H,4-8,18H2,1-3H3,(H,19,23)(H,20,22)(H,25,26). The highest BCUT2D eigenvalue weighted by Gasteiger charge is 2.40. The van der Waals surface area contributed by atoms with Gasteiger partial charge in [0.05, 0.1) is 6.04 Å². The molecule has 0 spiro atoms. The van der Waals surface area contributed by atoms with Gasteiger partial charge in [0.2, 0.25) is 17.7 Å². The third kappa shape index (κ3) is 6.10. The zero-order valence-electron chi connectivity index (χ0n) is 16.0. The molecule has 5 unspecified atom stereocenters. The summed E-state index contributed by atoms with van der Waals surface area (Å²) in [6.07, 6.45) is 1.71. The molecule has 1 aliphatic rings. The van der Waals surface area contributed by atoms with Gasteiger partial charge in [0.15, 0.2) is 0 Å². The fraction of sp³-hybridized carbons (Fsp3) is 0.765. The van der Waals surface area contributed by atoms with Gasteiger partial charge in [-0.2, -0.15) is 12.6 Å². The Balaban J connectivity index is 2.94. The number of thiol groups is 1. The molecule has 0 aromatic carbocycles. The van der Waals surface area contributed by atoms with Gasteiger partial charge in [0.1, 0.15) is 18.1 Å². The van der Waals surface area contributed by atoms with Crippen LogP contribution in [0.5, 0.6) is 0 Å². The molecule has 154 valence electrons. The molecule has 0 aromatic heterocycles. The van der Waals surface area contributed by atoms with Gasteiger partial charge in [-0.1, -0.05) is 20.3 Å². The van der Waals surface area contributed by atoms with Gasteiger partial charge in [-0.25, -0.2) is 4.79 Å². The van der Waals surface area contributed by atoms with Crippen molar-refractivity contribution in [2.75, 3.05) is 12.3 Å². The summed E-state index contributed by atoms with van der Waals surface area (Å²) >= 11 is 3.93. The molecule has 1 aliphatic heterocycles. The summed E-state index contributed by atoms with van der Waals surface area (Å²) in [5.41, 5.74) is 5.59. The van der Waals surface area contributed by atoms with Crippen LogP contribution in [-0.4, -0.2) is 70.2 Å². The van der Waals surface area contributed by atoms with Crippen LogP contribution in [0.1, 0.15) is 40.0 Å². The maximum atomic E-state index is 13.1. The highest BCUT2D eigenvalue weighted by atomic mass is 32.1. The van der Waals surface area contributed by atoms with E-state index in [0.717, 1.165) is 0 Å². The van der Waals surface area contributed by atoms with Crippen LogP contribution in [0.25, 0.3) is 0 Å². The number of nitrogens with two attached hydrogens (primary N) is 1. The van der Waals surface area contributed by atoms with E-state index in [1.807, 2.05) is 13.8 Å². The monoisotopic (exact) mass is 402 g/mol. The highest BCUT2D eigenvalue weighted by molar-refractivity contribution is 7.80. The minimum atomic E-state index is -1.18. The Bertz CT molecular complexity index is 572. The van der Waals surface area contributed by atoms with Gasteiger partial charge in [-0.15, -0.1) is 0 Å². The number of nitrogens with zero attached hydrogens (tertiary/aromatic N) is 1. The van der Waals surface area contributed by atoms with E-state index in [2.05, 4.69) is 23.3 Å². The third-order valence-electron chi connectivity index (χ3n) is 4.83. The van der Waals surface area contributed by atoms with E-state index in [9.17, 15) is 19.2 Å². The number of aliphatic carboxylic acids is 1. The summed E-state index contributed by atoms with van der Waals surface area (Å²) in [5.74, 6) is -2.70. The molecular formula is C17H30N4O5S. The van der Waals surface area contributed by atoms with Gasteiger partial charge < -0.3 is 26.4 Å². The molecule has 27 heavy (non-hydrogen) atoms. The summed E-state index contributed by atoms with van der Waals surface area (Å²) in [4.78, 5) is 50.1. The predicted molar refractivity (Wildman–Crippen MR) is 103 cm³/mol. The minimum Gasteiger partial charge on any atom is -0.480 e. The van der Waals surface area contributed by atoms with Crippen molar-refractivity contribution in [1.29, 1.82) is 0 Å². The lowest BCUT2D eigenvalue weighted by molar-refractivity contribution is -0.145. The number of carboxylic acids is 1. The normalized spacial score (nSPS) is 21.1. The molecule has 3 amide bonds. The summed E-state index contributed by atoms with van der Waals surface area (Å²) in [6, 6.07) is -3.43. The molecular weight excluding hydrogens is 372 g/mol. The largest absolute Gasteiger partial charge is 0.480 e. The zero-order chi connectivity index (χ0) is 20.7. The predicted octanol–water partition coefficient (Wildman–Crippen LogP) is -0.645. The number of hydrogen-bond acceptors (Lipinski definition) is 6. The van der Waals surface area contributed by atoms with Crippen LogP contribution in [0, 0.1) is 5.92 Å². The molecule has 5 N–H and O–H groups in total. The second-order valence-electron chi connectivity index (χ2n) is 6.93. The summed E-state index contributed by atoms with van der Waals surface area (Å²) in [5, 5.41) is 14.2. The second kappa shape index (κ2) is 10.5. The van der Waals surface area contributed by atoms with E-state index in [0.29, 0.717) is 25.8 Å². The Morgan fingerprint density at radius 2 is 1.89 bits per heavy atom. The molecule has 0 saturated carbocycles. The Morgan fingerprint density at radius 3 is 2.37 bits per heavy atom. The lowest BCUT2D eigenvalue weighted by atomic mass is 9.97. The lowest BCUT2D eigenvalue weighted by Crippen LogP contribution is -2.58. The number of hydrogen-bond donors (Lipinski definition) is 5. The van der Waals surface area contributed by atoms with E-state index in [-0.39, 0.29) is 17.6 Å². The quantitative estimate of drug-likeness (QED) is 0.325. The summed E-state index contributed by atoms with van der Waals surface area (Å²) in [6.45, 7) is 5.65. The topological polar surface area (TPSA) is 142 Å². The molecule has 5 atom stereocenters. The number of carbonyl (C=O) groups is 4. The van der Waals surface area contributed by atoms with E-state index in [4.69, 9.17) is 10.8 Å². The number of rotatable bonds is 9. The maximum absolute atomic E-state index is 13.1. The smallest absolute Gasteiger partial charge is 0.327 e. The molecule has 9 nitrogen and oxygen atoms in total. The van der Waals surface area contributed by atoms with Crippen LogP contribution < -0.4 is 16.4 Å². The van der Waals surface area contributed by atoms with Crippen molar-refractivity contribution in [3.05, 3.63) is 0 Å². The average molecular weight is 403 g/mol. The van der Waals surface area contributed by atoms with E-state index in [1.165, 1.54) is 11.8 Å². The van der Waals surface area contributed by atoms with Gasteiger partial charge in [-0.3, -0.25) is 14.4 Å². The molecule has 1 rings (SSSR count). The molecule has 0 aliphatic carbocycles. The fourth-order valence-corrected chi connectivity index (χ4v) is 3.15. The number of nitrogens with one attached hydrogen (secondary N) is 2. The first-order chi connectivity index (χ1) is 12.6. The van der Waals surface area contributed by atoms with E-state index >= 15 is 0 Å². The number of carboxylic acid groups (broad SMARTS) is 1. The lowest BCUT2D eigenvalue weighted by Gasteiger charge is -2.32. The SMILES string of the molecule is CCC(C)C(NC(=O)C(C)N)C(=O)N1CCCC1C(=O)NC(CS)C(=O)O. The van der Waals surface area contributed by atoms with Gasteiger partial charge in [0.25, 0.3) is 0 Å². The van der Waals surface area contributed by atoms with E-state index in [1.54, 1.807) is 0 Å². The number of carbonyl (C=O) groups excluding carboxylic acids is 3. The van der Waals surface area contributed by atoms with Crippen LogP contribution in [0.3, 0.4) is 0 Å². The molecule has 0 aromatic rings. The van der Waals surface area contributed by atoms with Crippen molar-refractivity contribution >= 4 is 36.3 Å². The Hall–Kier alpha value is -1.81. The first-order valence-electron chi connectivity index (χ1n) is 9.14. The van der Waals surface area contributed by atoms with Crippen LogP contribution in [-0.2, 0) is 19.2 Å². The Morgan fingerprint density at radius 1 is 1.26 bits per heavy atom.